The van der Waals surface area contributed by atoms with Crippen LogP contribution in [-0.2, 0) is 11.2 Å². The molecule has 0 saturated carbocycles. The van der Waals surface area contributed by atoms with Crippen molar-refractivity contribution in [2.75, 3.05) is 19.8 Å². The molecule has 1 aromatic rings. The quantitative estimate of drug-likeness (QED) is 0.687. The highest BCUT2D eigenvalue weighted by molar-refractivity contribution is 5.15. The Balaban J connectivity index is 2.17. The van der Waals surface area contributed by atoms with Gasteiger partial charge in [-0.1, -0.05) is 12.1 Å². The molecular formula is C11H15FO3. The van der Waals surface area contributed by atoms with Gasteiger partial charge in [-0.25, -0.2) is 4.39 Å². The Morgan fingerprint density at radius 2 is 1.93 bits per heavy atom. The standard InChI is InChI=1S/C11H15FO3/c12-10-3-1-9(2-4-10)5-6-15-8-11(14)7-13/h1-4,11,13-14H,5-8H2. The zero-order valence-electron chi connectivity index (χ0n) is 8.40. The molecule has 1 rings (SSSR count). The first-order chi connectivity index (χ1) is 7.22. The van der Waals surface area contributed by atoms with Crippen LogP contribution in [-0.4, -0.2) is 36.1 Å². The van der Waals surface area contributed by atoms with Gasteiger partial charge in [-0.05, 0) is 24.1 Å². The van der Waals surface area contributed by atoms with E-state index >= 15 is 0 Å². The number of rotatable bonds is 6. The monoisotopic (exact) mass is 214 g/mol. The third kappa shape index (κ3) is 4.88. The largest absolute Gasteiger partial charge is 0.394 e. The van der Waals surface area contributed by atoms with Gasteiger partial charge in [-0.3, -0.25) is 0 Å². The van der Waals surface area contributed by atoms with Crippen molar-refractivity contribution in [1.82, 2.24) is 0 Å². The summed E-state index contributed by atoms with van der Waals surface area (Å²) < 4.78 is 17.7. The second kappa shape index (κ2) is 6.50. The van der Waals surface area contributed by atoms with Crippen molar-refractivity contribution >= 4 is 0 Å². The molecule has 84 valence electrons. The lowest BCUT2D eigenvalue weighted by Crippen LogP contribution is -2.20. The molecule has 0 saturated heterocycles. The van der Waals surface area contributed by atoms with Gasteiger partial charge in [-0.2, -0.15) is 0 Å². The van der Waals surface area contributed by atoms with Crippen molar-refractivity contribution in [3.8, 4) is 0 Å². The summed E-state index contributed by atoms with van der Waals surface area (Å²) in [6.45, 7) is 0.275. The van der Waals surface area contributed by atoms with Gasteiger partial charge in [0, 0.05) is 0 Å². The van der Waals surface area contributed by atoms with Crippen molar-refractivity contribution in [2.24, 2.45) is 0 Å². The van der Waals surface area contributed by atoms with Gasteiger partial charge in [0.15, 0.2) is 0 Å². The van der Waals surface area contributed by atoms with E-state index in [2.05, 4.69) is 0 Å². The lowest BCUT2D eigenvalue weighted by atomic mass is 10.2. The minimum absolute atomic E-state index is 0.123. The average molecular weight is 214 g/mol. The maximum Gasteiger partial charge on any atom is 0.123 e. The molecule has 1 unspecified atom stereocenters. The Bertz CT molecular complexity index is 274. The Morgan fingerprint density at radius 3 is 2.53 bits per heavy atom. The molecule has 0 fully saturated rings. The highest BCUT2D eigenvalue weighted by Gasteiger charge is 2.01. The van der Waals surface area contributed by atoms with Crippen LogP contribution in [0.4, 0.5) is 4.39 Å². The van der Waals surface area contributed by atoms with Crippen LogP contribution in [0.5, 0.6) is 0 Å². The fraction of sp³-hybridized carbons (Fsp3) is 0.455. The lowest BCUT2D eigenvalue weighted by molar-refractivity contribution is 0.00722. The summed E-state index contributed by atoms with van der Waals surface area (Å²) in [7, 11) is 0. The molecule has 3 nitrogen and oxygen atoms in total. The predicted octanol–water partition coefficient (Wildman–Crippen LogP) is 0.738. The minimum Gasteiger partial charge on any atom is -0.394 e. The Labute approximate surface area is 88.1 Å². The van der Waals surface area contributed by atoms with E-state index in [1.807, 2.05) is 0 Å². The molecule has 0 bridgehead atoms. The number of ether oxygens (including phenoxy) is 1. The highest BCUT2D eigenvalue weighted by Crippen LogP contribution is 2.03. The van der Waals surface area contributed by atoms with Crippen LogP contribution in [0.25, 0.3) is 0 Å². The first kappa shape index (κ1) is 12.1. The topological polar surface area (TPSA) is 49.7 Å². The number of hydrogen-bond acceptors (Lipinski definition) is 3. The van der Waals surface area contributed by atoms with Crippen molar-refractivity contribution in [3.63, 3.8) is 0 Å². The maximum atomic E-state index is 12.5. The number of benzene rings is 1. The molecule has 15 heavy (non-hydrogen) atoms. The van der Waals surface area contributed by atoms with E-state index in [9.17, 15) is 4.39 Å². The summed E-state index contributed by atoms with van der Waals surface area (Å²) in [6, 6.07) is 6.19. The molecule has 0 aliphatic carbocycles. The van der Waals surface area contributed by atoms with Gasteiger partial charge in [0.05, 0.1) is 19.8 Å². The molecule has 0 radical (unpaired) electrons. The molecule has 0 aliphatic heterocycles. The number of aliphatic hydroxyl groups is 2. The van der Waals surface area contributed by atoms with E-state index in [0.717, 1.165) is 5.56 Å². The Morgan fingerprint density at radius 1 is 1.27 bits per heavy atom. The van der Waals surface area contributed by atoms with Crippen molar-refractivity contribution in [3.05, 3.63) is 35.6 Å². The van der Waals surface area contributed by atoms with Gasteiger partial charge in [-0.15, -0.1) is 0 Å². The van der Waals surface area contributed by atoms with Gasteiger partial charge in [0.1, 0.15) is 11.9 Å². The zero-order chi connectivity index (χ0) is 11.1. The summed E-state index contributed by atoms with van der Waals surface area (Å²) in [5, 5.41) is 17.5. The number of hydrogen-bond donors (Lipinski definition) is 2. The normalized spacial score (nSPS) is 12.7. The van der Waals surface area contributed by atoms with Crippen LogP contribution in [0.15, 0.2) is 24.3 Å². The second-order valence-corrected chi connectivity index (χ2v) is 3.29. The summed E-state index contributed by atoms with van der Waals surface area (Å²) in [5.41, 5.74) is 0.981. The van der Waals surface area contributed by atoms with Crippen LogP contribution in [0.3, 0.4) is 0 Å². The average Bonchev–Trinajstić information content (AvgIpc) is 2.26. The predicted molar refractivity (Wildman–Crippen MR) is 54.0 cm³/mol. The molecular weight excluding hydrogens is 199 g/mol. The second-order valence-electron chi connectivity index (χ2n) is 3.29. The first-order valence-corrected chi connectivity index (χ1v) is 4.83. The van der Waals surface area contributed by atoms with Crippen molar-refractivity contribution < 1.29 is 19.3 Å². The van der Waals surface area contributed by atoms with Crippen LogP contribution in [0.1, 0.15) is 5.56 Å². The van der Waals surface area contributed by atoms with Crippen LogP contribution in [0, 0.1) is 5.82 Å². The fourth-order valence-electron chi connectivity index (χ4n) is 1.11. The smallest absolute Gasteiger partial charge is 0.123 e. The van der Waals surface area contributed by atoms with Gasteiger partial charge in [0.25, 0.3) is 0 Å². The Hall–Kier alpha value is -0.970. The number of aliphatic hydroxyl groups excluding tert-OH is 2. The Kier molecular flexibility index (Phi) is 5.25. The third-order valence-electron chi connectivity index (χ3n) is 1.97. The molecule has 1 atom stereocenters. The molecule has 0 spiro atoms. The fourth-order valence-corrected chi connectivity index (χ4v) is 1.11. The molecule has 0 heterocycles. The zero-order valence-corrected chi connectivity index (χ0v) is 8.40. The summed E-state index contributed by atoms with van der Waals surface area (Å²) in [4.78, 5) is 0. The van der Waals surface area contributed by atoms with Crippen molar-refractivity contribution in [1.29, 1.82) is 0 Å². The van der Waals surface area contributed by atoms with E-state index in [4.69, 9.17) is 14.9 Å². The molecule has 1 aromatic carbocycles. The lowest BCUT2D eigenvalue weighted by Gasteiger charge is -2.07. The van der Waals surface area contributed by atoms with Gasteiger partial charge >= 0.3 is 0 Å². The van der Waals surface area contributed by atoms with Gasteiger partial charge in [0.2, 0.25) is 0 Å². The van der Waals surface area contributed by atoms with Gasteiger partial charge < -0.3 is 14.9 Å². The summed E-state index contributed by atoms with van der Waals surface area (Å²) >= 11 is 0. The molecule has 4 heteroatoms. The van der Waals surface area contributed by atoms with Crippen LogP contribution < -0.4 is 0 Å². The SMILES string of the molecule is OCC(O)COCCc1ccc(F)cc1. The van der Waals surface area contributed by atoms with E-state index < -0.39 is 6.10 Å². The molecule has 0 aliphatic rings. The highest BCUT2D eigenvalue weighted by atomic mass is 19.1. The number of halogens is 1. The van der Waals surface area contributed by atoms with Crippen LogP contribution >= 0.6 is 0 Å². The minimum atomic E-state index is -0.821. The van der Waals surface area contributed by atoms with E-state index in [1.54, 1.807) is 12.1 Å². The third-order valence-corrected chi connectivity index (χ3v) is 1.97. The van der Waals surface area contributed by atoms with E-state index in [1.165, 1.54) is 12.1 Å². The first-order valence-electron chi connectivity index (χ1n) is 4.83. The molecule has 2 N–H and O–H groups in total. The summed E-state index contributed by atoms with van der Waals surface area (Å²) in [6.07, 6.45) is -0.156. The van der Waals surface area contributed by atoms with Crippen LogP contribution in [0.2, 0.25) is 0 Å². The molecule has 0 amide bonds. The van der Waals surface area contributed by atoms with Crippen molar-refractivity contribution in [2.45, 2.75) is 12.5 Å². The molecule has 0 aromatic heterocycles. The maximum absolute atomic E-state index is 12.5. The summed E-state index contributed by atoms with van der Waals surface area (Å²) in [5.74, 6) is -0.254. The van der Waals surface area contributed by atoms with E-state index in [0.29, 0.717) is 13.0 Å². The van der Waals surface area contributed by atoms with E-state index in [-0.39, 0.29) is 19.0 Å².